The molecule has 0 radical (unpaired) electrons. The third-order valence-electron chi connectivity index (χ3n) is 4.24. The average Bonchev–Trinajstić information content (AvgIpc) is 2.59. The molecule has 0 unspecified atom stereocenters. The average molecular weight is 320 g/mol. The lowest BCUT2D eigenvalue weighted by Gasteiger charge is -2.31. The summed E-state index contributed by atoms with van der Waals surface area (Å²) < 4.78 is 4.60. The molecule has 1 fully saturated rings. The SMILES string of the molecule is COC(=O)c1cc(C(=O)N(C)C2CCCCC2)cc([N+](=O)[O-])c1. The molecule has 0 heterocycles. The number of hydrogen-bond acceptors (Lipinski definition) is 5. The Morgan fingerprint density at radius 1 is 1.17 bits per heavy atom. The van der Waals surface area contributed by atoms with Crippen LogP contribution in [0.15, 0.2) is 18.2 Å². The van der Waals surface area contributed by atoms with Gasteiger partial charge in [0.1, 0.15) is 0 Å². The molecule has 2 rings (SSSR count). The van der Waals surface area contributed by atoms with Gasteiger partial charge in [-0.25, -0.2) is 4.79 Å². The van der Waals surface area contributed by atoms with Crippen molar-refractivity contribution in [1.29, 1.82) is 0 Å². The van der Waals surface area contributed by atoms with Crippen molar-refractivity contribution in [3.63, 3.8) is 0 Å². The summed E-state index contributed by atoms with van der Waals surface area (Å²) in [4.78, 5) is 36.3. The summed E-state index contributed by atoms with van der Waals surface area (Å²) in [5, 5.41) is 11.0. The van der Waals surface area contributed by atoms with Crippen molar-refractivity contribution in [2.24, 2.45) is 0 Å². The third-order valence-corrected chi connectivity index (χ3v) is 4.24. The number of esters is 1. The summed E-state index contributed by atoms with van der Waals surface area (Å²) >= 11 is 0. The van der Waals surface area contributed by atoms with E-state index in [0.29, 0.717) is 0 Å². The number of carbonyl (C=O) groups excluding carboxylic acids is 2. The second-order valence-electron chi connectivity index (χ2n) is 5.73. The quantitative estimate of drug-likeness (QED) is 0.483. The summed E-state index contributed by atoms with van der Waals surface area (Å²) in [6, 6.07) is 3.80. The van der Waals surface area contributed by atoms with E-state index in [2.05, 4.69) is 4.74 Å². The zero-order valence-corrected chi connectivity index (χ0v) is 13.3. The van der Waals surface area contributed by atoms with E-state index < -0.39 is 10.9 Å². The van der Waals surface area contributed by atoms with Crippen molar-refractivity contribution in [2.45, 2.75) is 38.1 Å². The molecule has 0 aromatic heterocycles. The maximum Gasteiger partial charge on any atom is 0.338 e. The summed E-state index contributed by atoms with van der Waals surface area (Å²) in [6.07, 6.45) is 5.18. The van der Waals surface area contributed by atoms with E-state index in [-0.39, 0.29) is 28.8 Å². The van der Waals surface area contributed by atoms with Gasteiger partial charge in [0.05, 0.1) is 17.6 Å². The molecule has 0 spiro atoms. The van der Waals surface area contributed by atoms with Crippen LogP contribution >= 0.6 is 0 Å². The maximum absolute atomic E-state index is 12.6. The van der Waals surface area contributed by atoms with Crippen LogP contribution in [-0.4, -0.2) is 41.9 Å². The standard InChI is InChI=1S/C16H20N2O5/c1-17(13-6-4-3-5-7-13)15(19)11-8-12(16(20)23-2)10-14(9-11)18(21)22/h8-10,13H,3-7H2,1-2H3. The van der Waals surface area contributed by atoms with Crippen molar-refractivity contribution in [3.8, 4) is 0 Å². The third kappa shape index (κ3) is 3.85. The van der Waals surface area contributed by atoms with Gasteiger partial charge in [-0.3, -0.25) is 14.9 Å². The molecule has 1 aliphatic carbocycles. The minimum absolute atomic E-state index is 0.00194. The molecule has 0 atom stereocenters. The molecule has 1 aromatic rings. The zero-order chi connectivity index (χ0) is 17.0. The fourth-order valence-electron chi connectivity index (χ4n) is 2.91. The van der Waals surface area contributed by atoms with Crippen molar-refractivity contribution >= 4 is 17.6 Å². The number of benzene rings is 1. The van der Waals surface area contributed by atoms with Gasteiger partial charge < -0.3 is 9.64 Å². The largest absolute Gasteiger partial charge is 0.465 e. The van der Waals surface area contributed by atoms with Crippen LogP contribution in [0.2, 0.25) is 0 Å². The number of nitrogens with zero attached hydrogens (tertiary/aromatic N) is 2. The molecule has 0 aliphatic heterocycles. The first-order valence-corrected chi connectivity index (χ1v) is 7.59. The Balaban J connectivity index is 2.32. The Bertz CT molecular complexity index is 623. The van der Waals surface area contributed by atoms with Crippen LogP contribution in [0.5, 0.6) is 0 Å². The first-order valence-electron chi connectivity index (χ1n) is 7.59. The number of rotatable bonds is 4. The van der Waals surface area contributed by atoms with Gasteiger partial charge in [-0.1, -0.05) is 19.3 Å². The summed E-state index contributed by atoms with van der Waals surface area (Å²) in [7, 11) is 2.89. The van der Waals surface area contributed by atoms with Crippen LogP contribution in [0.25, 0.3) is 0 Å². The molecule has 7 nitrogen and oxygen atoms in total. The number of carbonyl (C=O) groups is 2. The molecule has 1 saturated carbocycles. The lowest BCUT2D eigenvalue weighted by Crippen LogP contribution is -2.38. The smallest absolute Gasteiger partial charge is 0.338 e. The predicted molar refractivity (Wildman–Crippen MR) is 83.4 cm³/mol. The van der Waals surface area contributed by atoms with Gasteiger partial charge in [0.25, 0.3) is 11.6 Å². The van der Waals surface area contributed by atoms with Crippen LogP contribution in [0.4, 0.5) is 5.69 Å². The van der Waals surface area contributed by atoms with Crippen molar-refractivity contribution in [1.82, 2.24) is 4.90 Å². The number of amides is 1. The number of nitro benzene ring substituents is 1. The fraction of sp³-hybridized carbons (Fsp3) is 0.500. The Labute approximate surface area is 134 Å². The van der Waals surface area contributed by atoms with E-state index in [9.17, 15) is 19.7 Å². The van der Waals surface area contributed by atoms with Crippen LogP contribution in [0.1, 0.15) is 52.8 Å². The first-order chi connectivity index (χ1) is 10.9. The van der Waals surface area contributed by atoms with Crippen molar-refractivity contribution < 1.29 is 19.2 Å². The van der Waals surface area contributed by atoms with Crippen LogP contribution < -0.4 is 0 Å². The molecule has 124 valence electrons. The van der Waals surface area contributed by atoms with E-state index in [4.69, 9.17) is 0 Å². The van der Waals surface area contributed by atoms with E-state index in [1.807, 2.05) is 0 Å². The van der Waals surface area contributed by atoms with Gasteiger partial charge >= 0.3 is 5.97 Å². The van der Waals surface area contributed by atoms with Gasteiger partial charge in [-0.2, -0.15) is 0 Å². The monoisotopic (exact) mass is 320 g/mol. The molecule has 7 heteroatoms. The van der Waals surface area contributed by atoms with Gasteiger partial charge in [0.15, 0.2) is 0 Å². The number of methoxy groups -OCH3 is 1. The normalized spacial score (nSPS) is 15.0. The van der Waals surface area contributed by atoms with Crippen LogP contribution in [0.3, 0.4) is 0 Å². The minimum Gasteiger partial charge on any atom is -0.465 e. The number of hydrogen-bond donors (Lipinski definition) is 0. The summed E-state index contributed by atoms with van der Waals surface area (Å²) in [5.41, 5.74) is -0.164. The van der Waals surface area contributed by atoms with Gasteiger partial charge in [-0.05, 0) is 18.9 Å². The molecule has 0 saturated heterocycles. The molecule has 23 heavy (non-hydrogen) atoms. The molecule has 0 N–H and O–H groups in total. The highest BCUT2D eigenvalue weighted by atomic mass is 16.6. The molecule has 1 aliphatic rings. The molecule has 0 bridgehead atoms. The van der Waals surface area contributed by atoms with Gasteiger partial charge in [0, 0.05) is 30.8 Å². The number of non-ortho nitro benzene ring substituents is 1. The molecule has 1 amide bonds. The predicted octanol–water partition coefficient (Wildman–Crippen LogP) is 2.79. The van der Waals surface area contributed by atoms with Gasteiger partial charge in [-0.15, -0.1) is 0 Å². The molecular formula is C16H20N2O5. The Morgan fingerprint density at radius 3 is 2.35 bits per heavy atom. The molecular weight excluding hydrogens is 300 g/mol. The van der Waals surface area contributed by atoms with E-state index >= 15 is 0 Å². The summed E-state index contributed by atoms with van der Waals surface area (Å²) in [6.45, 7) is 0. The topological polar surface area (TPSA) is 89.8 Å². The van der Waals surface area contributed by atoms with Crippen LogP contribution in [0, 0.1) is 10.1 Å². The van der Waals surface area contributed by atoms with E-state index in [0.717, 1.165) is 31.7 Å². The number of nitro groups is 1. The Hall–Kier alpha value is -2.44. The second kappa shape index (κ2) is 7.21. The Kier molecular flexibility index (Phi) is 5.31. The van der Waals surface area contributed by atoms with E-state index in [1.165, 1.54) is 25.7 Å². The Morgan fingerprint density at radius 2 is 1.78 bits per heavy atom. The zero-order valence-electron chi connectivity index (χ0n) is 13.3. The summed E-state index contributed by atoms with van der Waals surface area (Å²) in [5.74, 6) is -1.02. The van der Waals surface area contributed by atoms with Gasteiger partial charge in [0.2, 0.25) is 0 Å². The van der Waals surface area contributed by atoms with E-state index in [1.54, 1.807) is 11.9 Å². The first kappa shape index (κ1) is 16.9. The fourth-order valence-corrected chi connectivity index (χ4v) is 2.91. The lowest BCUT2D eigenvalue weighted by molar-refractivity contribution is -0.384. The minimum atomic E-state index is -0.705. The van der Waals surface area contributed by atoms with Crippen molar-refractivity contribution in [2.75, 3.05) is 14.2 Å². The highest BCUT2D eigenvalue weighted by Crippen LogP contribution is 2.24. The lowest BCUT2D eigenvalue weighted by atomic mass is 9.94. The highest BCUT2D eigenvalue weighted by molar-refractivity contribution is 5.99. The van der Waals surface area contributed by atoms with Crippen LogP contribution in [-0.2, 0) is 4.74 Å². The van der Waals surface area contributed by atoms with Crippen molar-refractivity contribution in [3.05, 3.63) is 39.4 Å². The highest BCUT2D eigenvalue weighted by Gasteiger charge is 2.25. The number of ether oxygens (including phenoxy) is 1. The molecule has 1 aromatic carbocycles. The second-order valence-corrected chi connectivity index (χ2v) is 5.73. The maximum atomic E-state index is 12.6.